The highest BCUT2D eigenvalue weighted by Gasteiger charge is 2.25. The first-order valence-corrected chi connectivity index (χ1v) is 18.3. The Labute approximate surface area is 261 Å². The maximum absolute atomic E-state index is 12.4. The van der Waals surface area contributed by atoms with Gasteiger partial charge in [0.05, 0.1) is 13.2 Å². The second-order valence-electron chi connectivity index (χ2n) is 11.0. The third-order valence-electron chi connectivity index (χ3n) is 6.79. The Hall–Kier alpha value is -1.51. The standard InChI is InChI=1S/C33H62NO8P/c1-3-5-7-9-11-13-15-16-18-20-22-24-26-33(36)42-31(30-41-43(37,38)40-28-27-34)29-39-32(35)25-23-21-19-17-14-12-10-8-6-4-2/h8,10-11,13,31H,3-7,9,12,14-30,34H2,1-2H3,(H,37,38)/b10-8-,13-11-. The number of hydrogen-bond donors (Lipinski definition) is 2. The van der Waals surface area contributed by atoms with Crippen molar-refractivity contribution in [1.29, 1.82) is 0 Å². The lowest BCUT2D eigenvalue weighted by atomic mass is 10.1. The predicted octanol–water partition coefficient (Wildman–Crippen LogP) is 8.49. The number of phosphoric acid groups is 1. The first kappa shape index (κ1) is 41.5. The molecule has 0 heterocycles. The summed E-state index contributed by atoms with van der Waals surface area (Å²) in [7, 11) is -4.36. The van der Waals surface area contributed by atoms with Crippen molar-refractivity contribution in [3.05, 3.63) is 24.3 Å². The van der Waals surface area contributed by atoms with E-state index in [2.05, 4.69) is 38.2 Å². The van der Waals surface area contributed by atoms with Gasteiger partial charge in [-0.2, -0.15) is 0 Å². The van der Waals surface area contributed by atoms with Crippen molar-refractivity contribution < 1.29 is 37.6 Å². The van der Waals surface area contributed by atoms with Crippen LogP contribution in [0.25, 0.3) is 0 Å². The second-order valence-corrected chi connectivity index (χ2v) is 12.5. The first-order chi connectivity index (χ1) is 20.8. The van der Waals surface area contributed by atoms with Crippen molar-refractivity contribution in [2.24, 2.45) is 5.73 Å². The molecule has 9 nitrogen and oxygen atoms in total. The summed E-state index contributed by atoms with van der Waals surface area (Å²) in [6.45, 7) is 3.59. The van der Waals surface area contributed by atoms with E-state index < -0.39 is 32.5 Å². The van der Waals surface area contributed by atoms with Gasteiger partial charge in [0.15, 0.2) is 6.10 Å². The van der Waals surface area contributed by atoms with Gasteiger partial charge >= 0.3 is 19.8 Å². The molecule has 2 atom stereocenters. The Kier molecular flexibility index (Phi) is 29.4. The number of unbranched alkanes of at least 4 members (excludes halogenated alkanes) is 14. The van der Waals surface area contributed by atoms with E-state index >= 15 is 0 Å². The Morgan fingerprint density at radius 1 is 0.674 bits per heavy atom. The molecule has 0 bridgehead atoms. The Bertz CT molecular complexity index is 774. The molecule has 0 rings (SSSR count). The van der Waals surface area contributed by atoms with Crippen molar-refractivity contribution in [3.63, 3.8) is 0 Å². The molecule has 252 valence electrons. The van der Waals surface area contributed by atoms with Crippen molar-refractivity contribution in [2.75, 3.05) is 26.4 Å². The van der Waals surface area contributed by atoms with Gasteiger partial charge in [-0.05, 0) is 57.8 Å². The first-order valence-electron chi connectivity index (χ1n) is 16.8. The van der Waals surface area contributed by atoms with E-state index in [9.17, 15) is 19.0 Å². The summed E-state index contributed by atoms with van der Waals surface area (Å²) in [4.78, 5) is 34.5. The molecule has 3 N–H and O–H groups in total. The molecule has 0 aromatic heterocycles. The quantitative estimate of drug-likeness (QED) is 0.0334. The van der Waals surface area contributed by atoms with Gasteiger partial charge < -0.3 is 20.1 Å². The van der Waals surface area contributed by atoms with Crippen LogP contribution >= 0.6 is 7.82 Å². The highest BCUT2D eigenvalue weighted by atomic mass is 31.2. The molecular weight excluding hydrogens is 569 g/mol. The zero-order chi connectivity index (χ0) is 31.9. The molecule has 10 heteroatoms. The van der Waals surface area contributed by atoms with Crippen LogP contribution in [0.15, 0.2) is 24.3 Å². The Morgan fingerprint density at radius 3 is 1.74 bits per heavy atom. The van der Waals surface area contributed by atoms with Crippen LogP contribution in [0.5, 0.6) is 0 Å². The van der Waals surface area contributed by atoms with Gasteiger partial charge in [-0.25, -0.2) is 4.57 Å². The number of carbonyl (C=O) groups excluding carboxylic acids is 2. The highest BCUT2D eigenvalue weighted by Crippen LogP contribution is 2.43. The molecule has 43 heavy (non-hydrogen) atoms. The molecule has 0 aliphatic carbocycles. The molecule has 0 aliphatic heterocycles. The van der Waals surface area contributed by atoms with E-state index in [0.717, 1.165) is 83.5 Å². The summed E-state index contributed by atoms with van der Waals surface area (Å²) >= 11 is 0. The number of ether oxygens (including phenoxy) is 2. The van der Waals surface area contributed by atoms with Crippen LogP contribution in [0.3, 0.4) is 0 Å². The minimum absolute atomic E-state index is 0.0513. The highest BCUT2D eigenvalue weighted by molar-refractivity contribution is 7.47. The molecule has 0 saturated carbocycles. The van der Waals surface area contributed by atoms with Crippen LogP contribution in [0.2, 0.25) is 0 Å². The molecule has 0 fully saturated rings. The normalized spacial score (nSPS) is 13.9. The van der Waals surface area contributed by atoms with Crippen molar-refractivity contribution in [1.82, 2.24) is 0 Å². The zero-order valence-electron chi connectivity index (χ0n) is 27.2. The lowest BCUT2D eigenvalue weighted by molar-refractivity contribution is -0.161. The Morgan fingerprint density at radius 2 is 1.19 bits per heavy atom. The molecule has 0 amide bonds. The van der Waals surface area contributed by atoms with E-state index in [-0.39, 0.29) is 32.6 Å². The molecule has 0 aromatic rings. The molecule has 2 unspecified atom stereocenters. The van der Waals surface area contributed by atoms with Crippen LogP contribution < -0.4 is 5.73 Å². The second kappa shape index (κ2) is 30.5. The molecule has 0 radical (unpaired) electrons. The van der Waals surface area contributed by atoms with Gasteiger partial charge in [-0.3, -0.25) is 18.6 Å². The van der Waals surface area contributed by atoms with Crippen molar-refractivity contribution in [2.45, 2.75) is 148 Å². The third-order valence-corrected chi connectivity index (χ3v) is 7.77. The molecule has 0 aliphatic rings. The van der Waals surface area contributed by atoms with Gasteiger partial charge in [0, 0.05) is 19.4 Å². The summed E-state index contributed by atoms with van der Waals surface area (Å²) in [5.41, 5.74) is 5.31. The lowest BCUT2D eigenvalue weighted by Crippen LogP contribution is -2.29. The van der Waals surface area contributed by atoms with Gasteiger partial charge in [0.1, 0.15) is 6.61 Å². The average Bonchev–Trinajstić information content (AvgIpc) is 2.99. The molecule has 0 aromatic carbocycles. The number of carbonyl (C=O) groups is 2. The van der Waals surface area contributed by atoms with E-state index in [1.165, 1.54) is 25.7 Å². The summed E-state index contributed by atoms with van der Waals surface area (Å²) in [5, 5.41) is 0. The maximum atomic E-state index is 12.4. The maximum Gasteiger partial charge on any atom is 0.472 e. The number of esters is 2. The SMILES string of the molecule is CCC/C=C\CCCCCCCC(=O)OCC(COP(=O)(O)OCCN)OC(=O)CCCCCCC/C=C\CCCCC. The minimum atomic E-state index is -4.36. The van der Waals surface area contributed by atoms with E-state index in [0.29, 0.717) is 6.42 Å². The van der Waals surface area contributed by atoms with Gasteiger partial charge in [-0.1, -0.05) is 95.9 Å². The fraction of sp³-hybridized carbons (Fsp3) is 0.818. The molecule has 0 saturated heterocycles. The molecule has 0 spiro atoms. The summed E-state index contributed by atoms with van der Waals surface area (Å²) in [5.74, 6) is -0.856. The fourth-order valence-corrected chi connectivity index (χ4v) is 5.04. The number of rotatable bonds is 31. The lowest BCUT2D eigenvalue weighted by Gasteiger charge is -2.19. The topological polar surface area (TPSA) is 134 Å². The Balaban J connectivity index is 4.32. The largest absolute Gasteiger partial charge is 0.472 e. The fourth-order valence-electron chi connectivity index (χ4n) is 4.28. The van der Waals surface area contributed by atoms with Crippen LogP contribution in [0.4, 0.5) is 0 Å². The van der Waals surface area contributed by atoms with E-state index in [1.807, 2.05) is 0 Å². The number of phosphoric ester groups is 1. The van der Waals surface area contributed by atoms with Crippen LogP contribution in [-0.2, 0) is 32.7 Å². The van der Waals surface area contributed by atoms with Crippen LogP contribution in [0.1, 0.15) is 142 Å². The summed E-state index contributed by atoms with van der Waals surface area (Å²) in [6, 6.07) is 0. The smallest absolute Gasteiger partial charge is 0.462 e. The van der Waals surface area contributed by atoms with E-state index in [1.54, 1.807) is 0 Å². The van der Waals surface area contributed by atoms with Crippen molar-refractivity contribution in [3.8, 4) is 0 Å². The van der Waals surface area contributed by atoms with Gasteiger partial charge in [0.2, 0.25) is 0 Å². The average molecular weight is 632 g/mol. The number of allylic oxidation sites excluding steroid dienone is 4. The van der Waals surface area contributed by atoms with Gasteiger partial charge in [0.25, 0.3) is 0 Å². The number of nitrogens with two attached hydrogens (primary N) is 1. The predicted molar refractivity (Wildman–Crippen MR) is 174 cm³/mol. The molecular formula is C33H62NO8P. The van der Waals surface area contributed by atoms with Crippen LogP contribution in [-0.4, -0.2) is 49.3 Å². The minimum Gasteiger partial charge on any atom is -0.462 e. The van der Waals surface area contributed by atoms with Crippen molar-refractivity contribution >= 4 is 19.8 Å². The van der Waals surface area contributed by atoms with E-state index in [4.69, 9.17) is 24.3 Å². The number of hydrogen-bond acceptors (Lipinski definition) is 8. The summed E-state index contributed by atoms with van der Waals surface area (Å²) in [6.07, 6.45) is 27.9. The summed E-state index contributed by atoms with van der Waals surface area (Å²) < 4.78 is 32.5. The zero-order valence-corrected chi connectivity index (χ0v) is 28.1. The van der Waals surface area contributed by atoms with Crippen LogP contribution in [0, 0.1) is 0 Å². The van der Waals surface area contributed by atoms with Gasteiger partial charge in [-0.15, -0.1) is 0 Å². The monoisotopic (exact) mass is 631 g/mol. The third kappa shape index (κ3) is 30.3.